The van der Waals surface area contributed by atoms with Gasteiger partial charge in [-0.05, 0) is 44.0 Å². The van der Waals surface area contributed by atoms with Gasteiger partial charge in [0.15, 0.2) is 11.5 Å². The Bertz CT molecular complexity index is 909. The molecule has 2 aromatic carbocycles. The Kier molecular flexibility index (Phi) is 6.62. The first kappa shape index (κ1) is 19.4. The lowest BCUT2D eigenvalue weighted by atomic mass is 10.1. The van der Waals surface area contributed by atoms with Gasteiger partial charge in [0.05, 0.1) is 13.2 Å². The zero-order valence-corrected chi connectivity index (χ0v) is 16.0. The van der Waals surface area contributed by atoms with Gasteiger partial charge in [-0.15, -0.1) is 5.10 Å². The number of rotatable bonds is 9. The minimum Gasteiger partial charge on any atom is -0.490 e. The van der Waals surface area contributed by atoms with E-state index >= 15 is 0 Å². The van der Waals surface area contributed by atoms with Gasteiger partial charge in [-0.2, -0.15) is 0 Å². The lowest BCUT2D eigenvalue weighted by molar-refractivity contribution is -0.116. The van der Waals surface area contributed by atoms with Crippen LogP contribution in [0.1, 0.15) is 25.8 Å². The van der Waals surface area contributed by atoms with Crippen LogP contribution in [0.2, 0.25) is 0 Å². The lowest BCUT2D eigenvalue weighted by Crippen LogP contribution is -2.12. The maximum atomic E-state index is 12.1. The SMILES string of the molecule is CCOc1ccc(-c2nnc(NC(=O)CCc3ccccc3)o2)cc1OCC. The number of anilines is 1. The van der Waals surface area contributed by atoms with E-state index in [9.17, 15) is 4.79 Å². The van der Waals surface area contributed by atoms with Crippen LogP contribution in [0.3, 0.4) is 0 Å². The molecule has 0 fully saturated rings. The Morgan fingerprint density at radius 2 is 1.75 bits per heavy atom. The molecule has 0 aliphatic carbocycles. The van der Waals surface area contributed by atoms with Crippen molar-refractivity contribution in [1.29, 1.82) is 0 Å². The lowest BCUT2D eigenvalue weighted by Gasteiger charge is -2.11. The molecule has 0 bridgehead atoms. The van der Waals surface area contributed by atoms with Crippen LogP contribution in [0.15, 0.2) is 52.9 Å². The van der Waals surface area contributed by atoms with Crippen molar-refractivity contribution in [1.82, 2.24) is 10.2 Å². The summed E-state index contributed by atoms with van der Waals surface area (Å²) in [5.74, 6) is 1.37. The maximum absolute atomic E-state index is 12.1. The summed E-state index contributed by atoms with van der Waals surface area (Å²) in [6.07, 6.45) is 0.976. The third-order valence-electron chi connectivity index (χ3n) is 3.95. The molecule has 7 heteroatoms. The van der Waals surface area contributed by atoms with E-state index in [-0.39, 0.29) is 11.9 Å². The normalized spacial score (nSPS) is 10.5. The van der Waals surface area contributed by atoms with Crippen molar-refractivity contribution in [3.63, 3.8) is 0 Å². The molecule has 7 nitrogen and oxygen atoms in total. The van der Waals surface area contributed by atoms with Gasteiger partial charge in [0, 0.05) is 12.0 Å². The molecule has 0 saturated heterocycles. The smallest absolute Gasteiger partial charge is 0.322 e. The summed E-state index contributed by atoms with van der Waals surface area (Å²) in [6, 6.07) is 15.3. The summed E-state index contributed by atoms with van der Waals surface area (Å²) >= 11 is 0. The molecule has 0 radical (unpaired) electrons. The Balaban J connectivity index is 1.64. The number of nitrogens with one attached hydrogen (secondary N) is 1. The van der Waals surface area contributed by atoms with Crippen LogP contribution in [-0.4, -0.2) is 29.3 Å². The first-order valence-corrected chi connectivity index (χ1v) is 9.27. The van der Waals surface area contributed by atoms with E-state index in [4.69, 9.17) is 13.9 Å². The number of amides is 1. The summed E-state index contributed by atoms with van der Waals surface area (Å²) in [7, 11) is 0. The van der Waals surface area contributed by atoms with Crippen molar-refractivity contribution in [2.45, 2.75) is 26.7 Å². The topological polar surface area (TPSA) is 86.5 Å². The first-order chi connectivity index (χ1) is 13.7. The molecule has 0 unspecified atom stereocenters. The second-order valence-electron chi connectivity index (χ2n) is 5.97. The van der Waals surface area contributed by atoms with Gasteiger partial charge in [0.25, 0.3) is 0 Å². The van der Waals surface area contributed by atoms with Gasteiger partial charge in [0.2, 0.25) is 11.8 Å². The van der Waals surface area contributed by atoms with Gasteiger partial charge in [-0.25, -0.2) is 0 Å². The third-order valence-corrected chi connectivity index (χ3v) is 3.95. The highest BCUT2D eigenvalue weighted by Gasteiger charge is 2.14. The standard InChI is InChI=1S/C21H23N3O4/c1-3-26-17-12-11-16(14-18(17)27-4-2)20-23-24-21(28-20)22-19(25)13-10-15-8-6-5-7-9-15/h5-9,11-12,14H,3-4,10,13H2,1-2H3,(H,22,24,25). The molecule has 3 rings (SSSR count). The highest BCUT2D eigenvalue weighted by molar-refractivity contribution is 5.88. The Labute approximate surface area is 163 Å². The summed E-state index contributed by atoms with van der Waals surface area (Å²) in [5.41, 5.74) is 1.78. The molecular formula is C21H23N3O4. The summed E-state index contributed by atoms with van der Waals surface area (Å²) in [5, 5.41) is 10.5. The fourth-order valence-corrected chi connectivity index (χ4v) is 2.66. The average molecular weight is 381 g/mol. The minimum absolute atomic E-state index is 0.0694. The second-order valence-corrected chi connectivity index (χ2v) is 5.97. The molecule has 0 spiro atoms. The van der Waals surface area contributed by atoms with Crippen LogP contribution in [0.25, 0.3) is 11.5 Å². The highest BCUT2D eigenvalue weighted by Crippen LogP contribution is 2.32. The van der Waals surface area contributed by atoms with Crippen LogP contribution in [0, 0.1) is 0 Å². The first-order valence-electron chi connectivity index (χ1n) is 9.27. The van der Waals surface area contributed by atoms with Gasteiger partial charge < -0.3 is 13.9 Å². The molecule has 146 valence electrons. The van der Waals surface area contributed by atoms with Crippen LogP contribution in [0.5, 0.6) is 11.5 Å². The fraction of sp³-hybridized carbons (Fsp3) is 0.286. The molecule has 3 aromatic rings. The summed E-state index contributed by atoms with van der Waals surface area (Å²) in [6.45, 7) is 4.86. The van der Waals surface area contributed by atoms with Crippen molar-refractivity contribution >= 4 is 11.9 Å². The Hall–Kier alpha value is -3.35. The Morgan fingerprint density at radius 3 is 2.50 bits per heavy atom. The van der Waals surface area contributed by atoms with Gasteiger partial charge in [0.1, 0.15) is 0 Å². The van der Waals surface area contributed by atoms with E-state index in [0.717, 1.165) is 5.56 Å². The molecule has 1 amide bonds. The van der Waals surface area contributed by atoms with Gasteiger partial charge in [-0.3, -0.25) is 10.1 Å². The van der Waals surface area contributed by atoms with E-state index in [1.807, 2.05) is 50.2 Å². The van der Waals surface area contributed by atoms with Crippen molar-refractivity contribution in [2.75, 3.05) is 18.5 Å². The van der Waals surface area contributed by atoms with Crippen LogP contribution < -0.4 is 14.8 Å². The predicted molar refractivity (Wildman–Crippen MR) is 105 cm³/mol. The number of hydrogen-bond acceptors (Lipinski definition) is 6. The largest absolute Gasteiger partial charge is 0.490 e. The van der Waals surface area contributed by atoms with Crippen LogP contribution in [-0.2, 0) is 11.2 Å². The van der Waals surface area contributed by atoms with Crippen LogP contribution >= 0.6 is 0 Å². The van der Waals surface area contributed by atoms with Gasteiger partial charge >= 0.3 is 6.01 Å². The van der Waals surface area contributed by atoms with Crippen molar-refractivity contribution in [3.8, 4) is 23.0 Å². The molecule has 0 atom stereocenters. The minimum atomic E-state index is -0.180. The Morgan fingerprint density at radius 1 is 1.00 bits per heavy atom. The molecule has 0 aliphatic rings. The molecule has 0 saturated carbocycles. The number of carbonyl (C=O) groups is 1. The number of nitrogens with zero attached hydrogens (tertiary/aromatic N) is 2. The quantitative estimate of drug-likeness (QED) is 0.600. The molecule has 28 heavy (non-hydrogen) atoms. The van der Waals surface area contributed by atoms with Crippen LogP contribution in [0.4, 0.5) is 6.01 Å². The number of aryl methyl sites for hydroxylation is 1. The molecule has 1 N–H and O–H groups in total. The van der Waals surface area contributed by atoms with Crippen molar-refractivity contribution in [3.05, 3.63) is 54.1 Å². The van der Waals surface area contributed by atoms with E-state index in [2.05, 4.69) is 15.5 Å². The average Bonchev–Trinajstić information content (AvgIpc) is 3.17. The predicted octanol–water partition coefficient (Wildman–Crippen LogP) is 4.11. The van der Waals surface area contributed by atoms with E-state index < -0.39 is 0 Å². The van der Waals surface area contributed by atoms with Crippen molar-refractivity contribution < 1.29 is 18.7 Å². The van der Waals surface area contributed by atoms with E-state index in [1.165, 1.54) is 0 Å². The van der Waals surface area contributed by atoms with E-state index in [1.54, 1.807) is 12.1 Å². The van der Waals surface area contributed by atoms with E-state index in [0.29, 0.717) is 49.0 Å². The zero-order valence-electron chi connectivity index (χ0n) is 16.0. The number of aromatic nitrogens is 2. The summed E-state index contributed by atoms with van der Waals surface area (Å²) in [4.78, 5) is 12.1. The fourth-order valence-electron chi connectivity index (χ4n) is 2.66. The second kappa shape index (κ2) is 9.55. The van der Waals surface area contributed by atoms with Gasteiger partial charge in [-0.1, -0.05) is 35.4 Å². The molecule has 1 aromatic heterocycles. The highest BCUT2D eigenvalue weighted by atomic mass is 16.5. The molecular weight excluding hydrogens is 358 g/mol. The molecule has 1 heterocycles. The molecule has 0 aliphatic heterocycles. The number of hydrogen-bond donors (Lipinski definition) is 1. The summed E-state index contributed by atoms with van der Waals surface area (Å²) < 4.78 is 16.7. The number of ether oxygens (including phenoxy) is 2. The number of benzene rings is 2. The van der Waals surface area contributed by atoms with Crippen molar-refractivity contribution in [2.24, 2.45) is 0 Å². The third kappa shape index (κ3) is 5.09. The zero-order chi connectivity index (χ0) is 19.8. The monoisotopic (exact) mass is 381 g/mol. The number of carbonyl (C=O) groups excluding carboxylic acids is 1. The maximum Gasteiger partial charge on any atom is 0.322 e.